The van der Waals surface area contributed by atoms with Crippen molar-refractivity contribution in [2.24, 2.45) is 0 Å². The van der Waals surface area contributed by atoms with Crippen molar-refractivity contribution in [2.45, 2.75) is 45.9 Å². The summed E-state index contributed by atoms with van der Waals surface area (Å²) >= 11 is 0. The Morgan fingerprint density at radius 3 is 2.76 bits per heavy atom. The van der Waals surface area contributed by atoms with Gasteiger partial charge >= 0.3 is 6.09 Å². The molecule has 0 aliphatic rings. The van der Waals surface area contributed by atoms with Crippen LogP contribution in [0.2, 0.25) is 0 Å². The molecular weight excluding hydrogens is 324 g/mol. The van der Waals surface area contributed by atoms with Gasteiger partial charge in [0, 0.05) is 18.3 Å². The van der Waals surface area contributed by atoms with E-state index in [4.69, 9.17) is 4.74 Å². The molecule has 0 bridgehead atoms. The summed E-state index contributed by atoms with van der Waals surface area (Å²) in [6.07, 6.45) is 3.93. The minimum atomic E-state index is -0.735. The lowest BCUT2D eigenvalue weighted by Crippen LogP contribution is -2.46. The number of hydrogen-bond acceptors (Lipinski definition) is 6. The molecule has 9 heteroatoms. The number of pyridine rings is 1. The van der Waals surface area contributed by atoms with Gasteiger partial charge in [0.1, 0.15) is 24.3 Å². The van der Waals surface area contributed by atoms with E-state index in [0.29, 0.717) is 5.82 Å². The number of nitrogens with one attached hydrogen (secondary N) is 2. The van der Waals surface area contributed by atoms with Crippen LogP contribution in [0.1, 0.15) is 33.3 Å². The Bertz CT molecular complexity index is 724. The van der Waals surface area contributed by atoms with E-state index in [9.17, 15) is 9.59 Å². The fraction of sp³-hybridized carbons (Fsp3) is 0.438. The average molecular weight is 346 g/mol. The van der Waals surface area contributed by atoms with Crippen LogP contribution in [0.4, 0.5) is 4.79 Å². The minimum absolute atomic E-state index is 0.238. The van der Waals surface area contributed by atoms with E-state index in [1.807, 2.05) is 6.07 Å². The number of aromatic nitrogens is 4. The molecule has 2 heterocycles. The van der Waals surface area contributed by atoms with Crippen LogP contribution < -0.4 is 10.6 Å². The molecule has 25 heavy (non-hydrogen) atoms. The van der Waals surface area contributed by atoms with Gasteiger partial charge in [-0.25, -0.2) is 19.4 Å². The summed E-state index contributed by atoms with van der Waals surface area (Å²) in [5.74, 6) is 0.243. The minimum Gasteiger partial charge on any atom is -0.444 e. The largest absolute Gasteiger partial charge is 0.444 e. The zero-order valence-corrected chi connectivity index (χ0v) is 14.7. The van der Waals surface area contributed by atoms with Crippen molar-refractivity contribution < 1.29 is 14.3 Å². The molecule has 1 atom stereocenters. The first-order valence-corrected chi connectivity index (χ1v) is 7.82. The Balaban J connectivity index is 1.93. The van der Waals surface area contributed by atoms with E-state index < -0.39 is 17.7 Å². The van der Waals surface area contributed by atoms with Crippen molar-refractivity contribution in [1.29, 1.82) is 0 Å². The van der Waals surface area contributed by atoms with E-state index in [1.165, 1.54) is 17.3 Å². The highest BCUT2D eigenvalue weighted by Gasteiger charge is 2.21. The van der Waals surface area contributed by atoms with Crippen LogP contribution in [0.5, 0.6) is 0 Å². The Labute approximate surface area is 145 Å². The van der Waals surface area contributed by atoms with Crippen molar-refractivity contribution in [3.63, 3.8) is 0 Å². The summed E-state index contributed by atoms with van der Waals surface area (Å²) in [6, 6.07) is 2.86. The van der Waals surface area contributed by atoms with Crippen LogP contribution in [0.3, 0.4) is 0 Å². The third-order valence-corrected chi connectivity index (χ3v) is 3.08. The molecule has 0 unspecified atom stereocenters. The number of amides is 2. The molecule has 134 valence electrons. The maximum atomic E-state index is 12.2. The van der Waals surface area contributed by atoms with Gasteiger partial charge in [0.2, 0.25) is 5.91 Å². The molecule has 2 amide bonds. The average Bonchev–Trinajstić information content (AvgIpc) is 3.05. The Hall–Kier alpha value is -2.97. The summed E-state index contributed by atoms with van der Waals surface area (Å²) in [6.45, 7) is 7.09. The molecule has 2 N–H and O–H groups in total. The quantitative estimate of drug-likeness (QED) is 0.841. The molecule has 0 spiro atoms. The molecule has 0 aliphatic heterocycles. The number of ether oxygens (including phenoxy) is 1. The summed E-state index contributed by atoms with van der Waals surface area (Å²) < 4.78 is 6.65. The topological polar surface area (TPSA) is 111 Å². The number of alkyl carbamates (subject to hydrolysis) is 1. The van der Waals surface area contributed by atoms with Crippen LogP contribution in [0.25, 0.3) is 5.82 Å². The van der Waals surface area contributed by atoms with E-state index >= 15 is 0 Å². The molecule has 0 radical (unpaired) electrons. The summed E-state index contributed by atoms with van der Waals surface area (Å²) in [7, 11) is 0. The molecule has 2 aromatic rings. The molecule has 0 aliphatic carbocycles. The molecule has 0 fully saturated rings. The van der Waals surface area contributed by atoms with Gasteiger partial charge in [-0.05, 0) is 33.8 Å². The lowest BCUT2D eigenvalue weighted by atomic mass is 10.2. The summed E-state index contributed by atoms with van der Waals surface area (Å²) in [4.78, 5) is 32.0. The lowest BCUT2D eigenvalue weighted by molar-refractivity contribution is -0.122. The lowest BCUT2D eigenvalue weighted by Gasteiger charge is -2.21. The first kappa shape index (κ1) is 18.4. The van der Waals surface area contributed by atoms with E-state index in [0.717, 1.165) is 5.56 Å². The second kappa shape index (κ2) is 7.73. The van der Waals surface area contributed by atoms with E-state index in [-0.39, 0.29) is 12.5 Å². The maximum absolute atomic E-state index is 12.2. The van der Waals surface area contributed by atoms with Gasteiger partial charge in [-0.15, -0.1) is 0 Å². The Morgan fingerprint density at radius 1 is 1.36 bits per heavy atom. The number of carbonyl (C=O) groups excluding carboxylic acids is 2. The van der Waals surface area contributed by atoms with Gasteiger partial charge in [-0.2, -0.15) is 5.10 Å². The second-order valence-electron chi connectivity index (χ2n) is 6.41. The normalized spacial score (nSPS) is 12.3. The first-order chi connectivity index (χ1) is 11.8. The smallest absolute Gasteiger partial charge is 0.408 e. The maximum Gasteiger partial charge on any atom is 0.408 e. The summed E-state index contributed by atoms with van der Waals surface area (Å²) in [5.41, 5.74) is 0.147. The van der Waals surface area contributed by atoms with Gasteiger partial charge in [0.05, 0.1) is 0 Å². The highest BCUT2D eigenvalue weighted by atomic mass is 16.6. The van der Waals surface area contributed by atoms with Crippen molar-refractivity contribution in [1.82, 2.24) is 30.4 Å². The zero-order chi connectivity index (χ0) is 18.4. The monoisotopic (exact) mass is 346 g/mol. The van der Waals surface area contributed by atoms with Crippen molar-refractivity contribution in [3.05, 3.63) is 36.5 Å². The van der Waals surface area contributed by atoms with Gasteiger partial charge in [0.15, 0.2) is 5.82 Å². The molecular formula is C16H22N6O3. The van der Waals surface area contributed by atoms with Crippen LogP contribution >= 0.6 is 0 Å². The highest BCUT2D eigenvalue weighted by molar-refractivity contribution is 5.85. The van der Waals surface area contributed by atoms with Gasteiger partial charge < -0.3 is 15.4 Å². The first-order valence-electron chi connectivity index (χ1n) is 7.82. The molecule has 2 aromatic heterocycles. The zero-order valence-electron chi connectivity index (χ0n) is 14.7. The Kier molecular flexibility index (Phi) is 5.68. The highest BCUT2D eigenvalue weighted by Crippen LogP contribution is 2.09. The fourth-order valence-corrected chi connectivity index (χ4v) is 1.98. The molecule has 0 saturated carbocycles. The molecule has 9 nitrogen and oxygen atoms in total. The SMILES string of the molecule is C[C@@H](NC(=O)OC(C)(C)C)C(=O)NCc1cccnc1-n1cncn1. The second-order valence-corrected chi connectivity index (χ2v) is 6.41. The summed E-state index contributed by atoms with van der Waals surface area (Å²) in [5, 5.41) is 9.30. The molecule has 2 rings (SSSR count). The van der Waals surface area contributed by atoms with Crippen molar-refractivity contribution >= 4 is 12.0 Å². The van der Waals surface area contributed by atoms with Crippen LogP contribution in [0.15, 0.2) is 31.0 Å². The third-order valence-electron chi connectivity index (χ3n) is 3.08. The standard InChI is InChI=1S/C16H22N6O3/c1-11(21-15(24)25-16(2,3)4)14(23)19-8-12-6-5-7-18-13(12)22-10-17-9-20-22/h5-7,9-11H,8H2,1-4H3,(H,19,23)(H,21,24)/t11-/m1/s1. The van der Waals surface area contributed by atoms with Crippen molar-refractivity contribution in [2.75, 3.05) is 0 Å². The molecule has 0 aromatic carbocycles. The number of hydrogen-bond donors (Lipinski definition) is 2. The van der Waals surface area contributed by atoms with Gasteiger partial charge in [0.25, 0.3) is 0 Å². The number of nitrogens with zero attached hydrogens (tertiary/aromatic N) is 4. The third kappa shape index (κ3) is 5.55. The van der Waals surface area contributed by atoms with Gasteiger partial charge in [-0.1, -0.05) is 6.07 Å². The van der Waals surface area contributed by atoms with Crippen LogP contribution in [-0.2, 0) is 16.1 Å². The predicted molar refractivity (Wildman–Crippen MR) is 89.8 cm³/mol. The number of rotatable bonds is 5. The van der Waals surface area contributed by atoms with Crippen molar-refractivity contribution in [3.8, 4) is 5.82 Å². The van der Waals surface area contributed by atoms with Crippen LogP contribution in [0, 0.1) is 0 Å². The van der Waals surface area contributed by atoms with E-state index in [2.05, 4.69) is 25.7 Å². The van der Waals surface area contributed by atoms with E-state index in [1.54, 1.807) is 40.0 Å². The predicted octanol–water partition coefficient (Wildman–Crippen LogP) is 1.19. The fourth-order valence-electron chi connectivity index (χ4n) is 1.98. The number of carbonyl (C=O) groups is 2. The Morgan fingerprint density at radius 2 is 2.12 bits per heavy atom. The van der Waals surface area contributed by atoms with Crippen LogP contribution in [-0.4, -0.2) is 43.4 Å². The molecule has 0 saturated heterocycles. The van der Waals surface area contributed by atoms with Gasteiger partial charge in [-0.3, -0.25) is 4.79 Å².